The average Bonchev–Trinajstić information content (AvgIpc) is 3.03. The molecule has 12 heteroatoms. The molecule has 0 radical (unpaired) electrons. The van der Waals surface area contributed by atoms with Gasteiger partial charge in [0, 0.05) is 42.5 Å². The minimum atomic E-state index is -1.05. The minimum absolute atomic E-state index is 0.0633. The van der Waals surface area contributed by atoms with Gasteiger partial charge in [-0.3, -0.25) is 14.8 Å². The Morgan fingerprint density at radius 1 is 0.930 bits per heavy atom. The van der Waals surface area contributed by atoms with Gasteiger partial charge in [0.15, 0.2) is 6.29 Å². The molecule has 2 amide bonds. The van der Waals surface area contributed by atoms with Crippen molar-refractivity contribution in [3.8, 4) is 0 Å². The van der Waals surface area contributed by atoms with Crippen LogP contribution >= 0.6 is 11.8 Å². The zero-order valence-corrected chi connectivity index (χ0v) is 24.3. The summed E-state index contributed by atoms with van der Waals surface area (Å²) in [5.74, 6) is -1.20. The van der Waals surface area contributed by atoms with E-state index in [9.17, 15) is 24.6 Å². The summed E-state index contributed by atoms with van der Waals surface area (Å²) in [5, 5.41) is 30.9. The minimum Gasteiger partial charge on any atom is -0.478 e. The summed E-state index contributed by atoms with van der Waals surface area (Å²) in [4.78, 5) is 39.5. The summed E-state index contributed by atoms with van der Waals surface area (Å²) in [6.45, 7) is -0.0633. The highest BCUT2D eigenvalue weighted by Gasteiger charge is 2.33. The second-order valence-electron chi connectivity index (χ2n) is 10.1. The Morgan fingerprint density at radius 3 is 2.42 bits per heavy atom. The Labute approximate surface area is 253 Å². The van der Waals surface area contributed by atoms with Gasteiger partial charge in [-0.1, -0.05) is 42.8 Å². The van der Waals surface area contributed by atoms with Crippen LogP contribution in [0, 0.1) is 0 Å². The van der Waals surface area contributed by atoms with Crippen LogP contribution in [0.1, 0.15) is 78.0 Å². The Hall–Kier alpha value is -3.81. The lowest BCUT2D eigenvalue weighted by Gasteiger charge is -2.36. The van der Waals surface area contributed by atoms with Crippen molar-refractivity contribution in [2.45, 2.75) is 68.7 Å². The summed E-state index contributed by atoms with van der Waals surface area (Å²) in [5.41, 5.74) is 4.74. The maximum absolute atomic E-state index is 12.5. The van der Waals surface area contributed by atoms with Crippen molar-refractivity contribution in [2.75, 3.05) is 11.1 Å². The number of carboxylic acid groups (broad SMARTS) is 1. The molecule has 43 heavy (non-hydrogen) atoms. The number of nitrogens with one attached hydrogen (secondary N) is 2. The number of nitrogens with zero attached hydrogens (tertiary/aromatic N) is 1. The summed E-state index contributed by atoms with van der Waals surface area (Å²) < 4.78 is 12.7. The van der Waals surface area contributed by atoms with E-state index in [1.807, 2.05) is 36.4 Å². The van der Waals surface area contributed by atoms with E-state index in [2.05, 4.69) is 10.3 Å². The number of hydrogen-bond donors (Lipinski definition) is 5. The van der Waals surface area contributed by atoms with E-state index in [4.69, 9.17) is 14.7 Å². The first-order chi connectivity index (χ1) is 20.9. The highest BCUT2D eigenvalue weighted by molar-refractivity contribution is 7.99. The molecule has 3 atom stereocenters. The molecule has 1 aliphatic rings. The number of benzene rings is 2. The maximum Gasteiger partial charge on any atom is 0.338 e. The van der Waals surface area contributed by atoms with Crippen LogP contribution in [-0.4, -0.2) is 50.0 Å². The van der Waals surface area contributed by atoms with Crippen LogP contribution in [0.15, 0.2) is 71.9 Å². The number of anilines is 1. The molecular weight excluding hydrogens is 574 g/mol. The molecular formula is C31H35N3O8S. The summed E-state index contributed by atoms with van der Waals surface area (Å²) in [6, 6.07) is 17.9. The summed E-state index contributed by atoms with van der Waals surface area (Å²) in [7, 11) is 0. The van der Waals surface area contributed by atoms with Gasteiger partial charge >= 0.3 is 5.97 Å². The van der Waals surface area contributed by atoms with Gasteiger partial charge in [0.1, 0.15) is 5.03 Å². The first kappa shape index (κ1) is 32.1. The Balaban J connectivity index is 1.44. The van der Waals surface area contributed by atoms with Crippen LogP contribution in [0.5, 0.6) is 0 Å². The molecule has 1 fully saturated rings. The van der Waals surface area contributed by atoms with Crippen molar-refractivity contribution in [2.24, 2.45) is 0 Å². The molecule has 2 heterocycles. The van der Waals surface area contributed by atoms with E-state index in [-0.39, 0.29) is 36.7 Å². The first-order valence-electron chi connectivity index (χ1n) is 14.0. The van der Waals surface area contributed by atoms with E-state index in [0.29, 0.717) is 54.1 Å². The zero-order chi connectivity index (χ0) is 30.6. The van der Waals surface area contributed by atoms with Crippen molar-refractivity contribution in [3.63, 3.8) is 0 Å². The molecule has 3 aromatic rings. The number of unbranched alkanes of at least 4 members (excludes halogenated alkanes) is 2. The highest BCUT2D eigenvalue weighted by atomic mass is 32.2. The number of aliphatic hydroxyl groups excluding tert-OH is 1. The lowest BCUT2D eigenvalue weighted by atomic mass is 10.0. The van der Waals surface area contributed by atoms with Gasteiger partial charge in [-0.2, -0.15) is 0 Å². The second kappa shape index (κ2) is 16.1. The largest absolute Gasteiger partial charge is 0.478 e. The maximum atomic E-state index is 12.5. The third-order valence-electron chi connectivity index (χ3n) is 6.90. The number of pyridine rings is 1. The second-order valence-corrected chi connectivity index (χ2v) is 11.1. The number of carbonyl (C=O) groups is 3. The Bertz CT molecular complexity index is 1390. The molecule has 0 aliphatic carbocycles. The number of hydrogen-bond acceptors (Lipinski definition) is 9. The number of aromatic carboxylic acids is 1. The summed E-state index contributed by atoms with van der Waals surface area (Å²) in [6.07, 6.45) is 3.05. The number of amides is 2. The standard InChI is InChI=1S/C31H35N3O8S/c35-18-20-11-13-21(14-12-20)26-17-24(19-43-29-25(30(38)39)8-5-15-32-29)41-31(42-26)22-6-4-7-23(16-22)33-27(36)9-2-1-3-10-28(37)34-40/h4-8,11-16,24,26,31,35,40H,1-3,9-10,17-19H2,(H,33,36)(H,34,37)(H,38,39). The predicted molar refractivity (Wildman–Crippen MR) is 158 cm³/mol. The number of aliphatic hydroxyl groups is 1. The van der Waals surface area contributed by atoms with Gasteiger partial charge in [0.05, 0.1) is 24.4 Å². The molecule has 0 bridgehead atoms. The molecule has 11 nitrogen and oxygen atoms in total. The van der Waals surface area contributed by atoms with Gasteiger partial charge in [0.2, 0.25) is 11.8 Å². The molecule has 0 saturated carbocycles. The Morgan fingerprint density at radius 2 is 1.70 bits per heavy atom. The van der Waals surface area contributed by atoms with Crippen LogP contribution in [0.2, 0.25) is 0 Å². The lowest BCUT2D eigenvalue weighted by molar-refractivity contribution is -0.245. The van der Waals surface area contributed by atoms with Gasteiger partial charge in [-0.05, 0) is 48.2 Å². The van der Waals surface area contributed by atoms with Crippen molar-refractivity contribution in [1.82, 2.24) is 10.5 Å². The van der Waals surface area contributed by atoms with Crippen molar-refractivity contribution >= 4 is 35.2 Å². The van der Waals surface area contributed by atoms with Gasteiger partial charge in [-0.15, -0.1) is 11.8 Å². The third kappa shape index (κ3) is 9.60. The zero-order valence-electron chi connectivity index (χ0n) is 23.5. The molecule has 1 aliphatic heterocycles. The number of carbonyl (C=O) groups excluding carboxylic acids is 2. The van der Waals surface area contributed by atoms with E-state index < -0.39 is 18.2 Å². The molecule has 4 rings (SSSR count). The quantitative estimate of drug-likeness (QED) is 0.0726. The molecule has 0 spiro atoms. The van der Waals surface area contributed by atoms with E-state index in [0.717, 1.165) is 11.1 Å². The predicted octanol–water partition coefficient (Wildman–Crippen LogP) is 5.00. The fourth-order valence-corrected chi connectivity index (χ4v) is 5.66. The normalized spacial score (nSPS) is 18.1. The highest BCUT2D eigenvalue weighted by Crippen LogP contribution is 2.40. The third-order valence-corrected chi connectivity index (χ3v) is 8.03. The van der Waals surface area contributed by atoms with Gasteiger partial charge in [-0.25, -0.2) is 15.3 Å². The molecule has 228 valence electrons. The number of carboxylic acids is 1. The summed E-state index contributed by atoms with van der Waals surface area (Å²) >= 11 is 1.31. The fraction of sp³-hybridized carbons (Fsp3) is 0.355. The van der Waals surface area contributed by atoms with Crippen molar-refractivity contribution in [1.29, 1.82) is 0 Å². The lowest BCUT2D eigenvalue weighted by Crippen LogP contribution is -2.31. The first-order valence-corrected chi connectivity index (χ1v) is 15.0. The van der Waals surface area contributed by atoms with Crippen LogP contribution in [0.3, 0.4) is 0 Å². The number of aromatic nitrogens is 1. The van der Waals surface area contributed by atoms with Crippen LogP contribution in [0.4, 0.5) is 5.69 Å². The van der Waals surface area contributed by atoms with Crippen LogP contribution in [-0.2, 0) is 25.7 Å². The molecule has 5 N–H and O–H groups in total. The van der Waals surface area contributed by atoms with Gasteiger partial charge < -0.3 is 25.0 Å². The topological polar surface area (TPSA) is 167 Å². The van der Waals surface area contributed by atoms with E-state index in [1.165, 1.54) is 17.8 Å². The van der Waals surface area contributed by atoms with Crippen LogP contribution in [0.25, 0.3) is 0 Å². The van der Waals surface area contributed by atoms with Gasteiger partial charge in [0.25, 0.3) is 0 Å². The van der Waals surface area contributed by atoms with Crippen LogP contribution < -0.4 is 10.8 Å². The molecule has 1 saturated heterocycles. The van der Waals surface area contributed by atoms with Crippen molar-refractivity contribution in [3.05, 3.63) is 89.1 Å². The smallest absolute Gasteiger partial charge is 0.338 e. The SMILES string of the molecule is O=C(CCCCCC(=O)Nc1cccc(C2OC(CSc3ncccc3C(=O)O)CC(c3ccc(CO)cc3)O2)c1)NO. The number of thioether (sulfide) groups is 1. The molecule has 2 aromatic carbocycles. The molecule has 3 unspecified atom stereocenters. The van der Waals surface area contributed by atoms with E-state index >= 15 is 0 Å². The Kier molecular flexibility index (Phi) is 12.1. The monoisotopic (exact) mass is 609 g/mol. The molecule has 1 aromatic heterocycles. The number of ether oxygens (including phenoxy) is 2. The van der Waals surface area contributed by atoms with Crippen molar-refractivity contribution < 1.29 is 39.3 Å². The number of rotatable bonds is 14. The van der Waals surface area contributed by atoms with E-state index in [1.54, 1.807) is 29.9 Å². The average molecular weight is 610 g/mol. The fourth-order valence-electron chi connectivity index (χ4n) is 4.65. The number of hydroxylamine groups is 1.